The van der Waals surface area contributed by atoms with Gasteiger partial charge >= 0.3 is 0 Å². The maximum atomic E-state index is 5.97. The number of hydrogen-bond acceptors (Lipinski definition) is 3. The van der Waals surface area contributed by atoms with Crippen molar-refractivity contribution in [1.82, 2.24) is 4.90 Å². The van der Waals surface area contributed by atoms with Crippen molar-refractivity contribution in [3.05, 3.63) is 29.8 Å². The van der Waals surface area contributed by atoms with E-state index < -0.39 is 0 Å². The number of rotatable bonds is 2. The zero-order valence-electron chi connectivity index (χ0n) is 10.2. The van der Waals surface area contributed by atoms with Crippen molar-refractivity contribution in [3.63, 3.8) is 0 Å². The highest BCUT2D eigenvalue weighted by molar-refractivity contribution is 5.46. The first-order valence-electron chi connectivity index (χ1n) is 6.41. The van der Waals surface area contributed by atoms with Crippen molar-refractivity contribution in [3.8, 4) is 0 Å². The lowest BCUT2D eigenvalue weighted by Gasteiger charge is -2.52. The van der Waals surface area contributed by atoms with E-state index in [2.05, 4.69) is 17.0 Å². The average molecular weight is 232 g/mol. The monoisotopic (exact) mass is 232 g/mol. The topological polar surface area (TPSA) is 38.5 Å². The smallest absolute Gasteiger partial charge is 0.0472 e. The lowest BCUT2D eigenvalue weighted by atomic mass is 9.73. The Bertz CT molecular complexity index is 391. The molecular weight excluding hydrogens is 212 g/mol. The van der Waals surface area contributed by atoms with Gasteiger partial charge in [0.2, 0.25) is 0 Å². The van der Waals surface area contributed by atoms with Crippen LogP contribution in [0, 0.1) is 5.41 Å². The van der Waals surface area contributed by atoms with E-state index in [1.165, 1.54) is 31.5 Å². The summed E-state index contributed by atoms with van der Waals surface area (Å²) in [6.45, 7) is 5.31. The summed E-state index contributed by atoms with van der Waals surface area (Å²) in [7, 11) is 0. The van der Waals surface area contributed by atoms with E-state index in [0.29, 0.717) is 5.41 Å². The first kappa shape index (κ1) is 11.1. The van der Waals surface area contributed by atoms with E-state index in [-0.39, 0.29) is 0 Å². The maximum absolute atomic E-state index is 5.97. The maximum Gasteiger partial charge on any atom is 0.0472 e. The summed E-state index contributed by atoms with van der Waals surface area (Å²) in [6, 6.07) is 8.17. The van der Waals surface area contributed by atoms with Gasteiger partial charge in [0.15, 0.2) is 0 Å². The number of benzene rings is 1. The average Bonchev–Trinajstić information content (AvgIpc) is 2.31. The molecule has 1 aromatic carbocycles. The van der Waals surface area contributed by atoms with Crippen molar-refractivity contribution in [1.29, 1.82) is 0 Å². The molecule has 92 valence electrons. The van der Waals surface area contributed by atoms with Gasteiger partial charge in [-0.3, -0.25) is 4.90 Å². The predicted molar refractivity (Wildman–Crippen MR) is 68.6 cm³/mol. The number of nitrogen functional groups attached to an aromatic ring is 1. The van der Waals surface area contributed by atoms with Crippen molar-refractivity contribution >= 4 is 5.69 Å². The number of nitrogens with zero attached hydrogens (tertiary/aromatic N) is 1. The first-order chi connectivity index (χ1) is 8.27. The lowest BCUT2D eigenvalue weighted by molar-refractivity contribution is -0.0838. The van der Waals surface area contributed by atoms with Crippen molar-refractivity contribution in [2.24, 2.45) is 5.41 Å². The molecule has 0 saturated carbocycles. The quantitative estimate of drug-likeness (QED) is 0.791. The van der Waals surface area contributed by atoms with Crippen LogP contribution in [0.25, 0.3) is 0 Å². The van der Waals surface area contributed by atoms with Crippen LogP contribution in [-0.4, -0.2) is 31.2 Å². The molecule has 0 unspecified atom stereocenters. The molecule has 0 bridgehead atoms. The molecule has 0 aliphatic carbocycles. The predicted octanol–water partition coefficient (Wildman–Crippen LogP) is 1.88. The number of ether oxygens (including phenoxy) is 1. The molecule has 2 fully saturated rings. The molecule has 0 atom stereocenters. The minimum absolute atomic E-state index is 0.557. The summed E-state index contributed by atoms with van der Waals surface area (Å²) in [5.41, 5.74) is 8.70. The highest BCUT2D eigenvalue weighted by atomic mass is 16.5. The fourth-order valence-corrected chi connectivity index (χ4v) is 3.05. The number of para-hydroxylation sites is 1. The van der Waals surface area contributed by atoms with E-state index in [1.807, 2.05) is 12.1 Å². The number of anilines is 1. The van der Waals surface area contributed by atoms with Gasteiger partial charge in [-0.15, -0.1) is 0 Å². The fraction of sp³-hybridized carbons (Fsp3) is 0.571. The second-order valence-electron chi connectivity index (χ2n) is 5.46. The Morgan fingerprint density at radius 3 is 2.59 bits per heavy atom. The van der Waals surface area contributed by atoms with Crippen LogP contribution < -0.4 is 5.73 Å². The minimum Gasteiger partial charge on any atom is -0.398 e. The molecule has 1 aromatic rings. The van der Waals surface area contributed by atoms with Crippen molar-refractivity contribution in [2.45, 2.75) is 19.4 Å². The van der Waals surface area contributed by atoms with Gasteiger partial charge in [0, 0.05) is 44.0 Å². The Morgan fingerprint density at radius 1 is 1.18 bits per heavy atom. The molecule has 17 heavy (non-hydrogen) atoms. The van der Waals surface area contributed by atoms with Gasteiger partial charge in [0.25, 0.3) is 0 Å². The molecule has 2 heterocycles. The molecule has 0 radical (unpaired) electrons. The summed E-state index contributed by atoms with van der Waals surface area (Å²) in [5, 5.41) is 0. The summed E-state index contributed by atoms with van der Waals surface area (Å²) in [6.07, 6.45) is 2.46. The van der Waals surface area contributed by atoms with E-state index >= 15 is 0 Å². The zero-order valence-corrected chi connectivity index (χ0v) is 10.2. The number of nitrogens with two attached hydrogens (primary N) is 1. The van der Waals surface area contributed by atoms with Crippen LogP contribution >= 0.6 is 0 Å². The van der Waals surface area contributed by atoms with Crippen molar-refractivity contribution in [2.75, 3.05) is 32.0 Å². The Labute approximate surface area is 103 Å². The molecule has 3 rings (SSSR count). The standard InChI is InChI=1S/C14H20N2O/c15-13-4-2-1-3-12(13)9-16-10-14(11-16)5-7-17-8-6-14/h1-4H,5-11,15H2. The van der Waals surface area contributed by atoms with Gasteiger partial charge in [-0.2, -0.15) is 0 Å². The second-order valence-corrected chi connectivity index (χ2v) is 5.46. The summed E-state index contributed by atoms with van der Waals surface area (Å²) in [5.74, 6) is 0. The highest BCUT2D eigenvalue weighted by Crippen LogP contribution is 2.40. The first-order valence-corrected chi connectivity index (χ1v) is 6.41. The second kappa shape index (κ2) is 4.31. The highest BCUT2D eigenvalue weighted by Gasteiger charge is 2.43. The van der Waals surface area contributed by atoms with Crippen LogP contribution in [0.15, 0.2) is 24.3 Å². The zero-order chi connectivity index (χ0) is 11.7. The summed E-state index contributed by atoms with van der Waals surface area (Å²) >= 11 is 0. The fourth-order valence-electron chi connectivity index (χ4n) is 3.05. The van der Waals surface area contributed by atoms with Crippen molar-refractivity contribution < 1.29 is 4.74 Å². The van der Waals surface area contributed by atoms with Gasteiger partial charge < -0.3 is 10.5 Å². The molecule has 3 nitrogen and oxygen atoms in total. The third kappa shape index (κ3) is 2.17. The third-order valence-electron chi connectivity index (χ3n) is 4.12. The SMILES string of the molecule is Nc1ccccc1CN1CC2(CCOCC2)C1. The van der Waals surface area contributed by atoms with E-state index in [1.54, 1.807) is 0 Å². The Morgan fingerprint density at radius 2 is 1.88 bits per heavy atom. The van der Waals surface area contributed by atoms with Crippen LogP contribution in [-0.2, 0) is 11.3 Å². The molecule has 1 spiro atoms. The van der Waals surface area contributed by atoms with Crippen LogP contribution in [0.4, 0.5) is 5.69 Å². The number of hydrogen-bond donors (Lipinski definition) is 1. The van der Waals surface area contributed by atoms with Gasteiger partial charge in [0.1, 0.15) is 0 Å². The largest absolute Gasteiger partial charge is 0.398 e. The summed E-state index contributed by atoms with van der Waals surface area (Å²) < 4.78 is 5.43. The molecule has 2 saturated heterocycles. The van der Waals surface area contributed by atoms with Gasteiger partial charge in [-0.1, -0.05) is 18.2 Å². The van der Waals surface area contributed by atoms with Gasteiger partial charge in [0.05, 0.1) is 0 Å². The molecule has 2 aliphatic rings. The molecule has 0 aromatic heterocycles. The van der Waals surface area contributed by atoms with E-state index in [4.69, 9.17) is 10.5 Å². The Balaban J connectivity index is 1.58. The van der Waals surface area contributed by atoms with Crippen LogP contribution in [0.2, 0.25) is 0 Å². The summed E-state index contributed by atoms with van der Waals surface area (Å²) in [4.78, 5) is 2.50. The number of likely N-dealkylation sites (tertiary alicyclic amines) is 1. The molecular formula is C14H20N2O. The van der Waals surface area contributed by atoms with Crippen LogP contribution in [0.5, 0.6) is 0 Å². The lowest BCUT2D eigenvalue weighted by Crippen LogP contribution is -2.57. The van der Waals surface area contributed by atoms with Gasteiger partial charge in [-0.25, -0.2) is 0 Å². The Hall–Kier alpha value is -1.06. The third-order valence-corrected chi connectivity index (χ3v) is 4.12. The minimum atomic E-state index is 0.557. The molecule has 3 heteroatoms. The Kier molecular flexibility index (Phi) is 2.81. The van der Waals surface area contributed by atoms with Crippen LogP contribution in [0.3, 0.4) is 0 Å². The van der Waals surface area contributed by atoms with E-state index in [0.717, 1.165) is 25.4 Å². The van der Waals surface area contributed by atoms with Gasteiger partial charge in [-0.05, 0) is 24.5 Å². The molecule has 2 N–H and O–H groups in total. The van der Waals surface area contributed by atoms with Crippen LogP contribution in [0.1, 0.15) is 18.4 Å². The van der Waals surface area contributed by atoms with E-state index in [9.17, 15) is 0 Å². The molecule has 0 amide bonds. The molecule has 2 aliphatic heterocycles. The normalized spacial score (nSPS) is 23.5.